The Morgan fingerprint density at radius 2 is 2.08 bits per heavy atom. The van der Waals surface area contributed by atoms with Crippen molar-refractivity contribution in [3.63, 3.8) is 0 Å². The molecule has 0 spiro atoms. The minimum Gasteiger partial charge on any atom is -0.481 e. The van der Waals surface area contributed by atoms with Crippen molar-refractivity contribution < 1.29 is 14.7 Å². The van der Waals surface area contributed by atoms with E-state index < -0.39 is 17.9 Å². The average molecular weight is 188 g/mol. The summed E-state index contributed by atoms with van der Waals surface area (Å²) in [5, 5.41) is 11.2. The van der Waals surface area contributed by atoms with Crippen LogP contribution in [-0.2, 0) is 9.59 Å². The van der Waals surface area contributed by atoms with E-state index in [2.05, 4.69) is 5.32 Å². The van der Waals surface area contributed by atoms with E-state index in [9.17, 15) is 9.59 Å². The second kappa shape index (κ2) is 5.53. The Morgan fingerprint density at radius 1 is 1.54 bits per heavy atom. The van der Waals surface area contributed by atoms with Crippen molar-refractivity contribution in [1.29, 1.82) is 0 Å². The molecule has 0 aromatic carbocycles. The smallest absolute Gasteiger partial charge is 0.307 e. The SMILES string of the molecule is CC(=O)NCC[C@H](N)C(C)C(=O)O. The Balaban J connectivity index is 3.67. The predicted octanol–water partition coefficient (Wildman–Crippen LogP) is -0.439. The van der Waals surface area contributed by atoms with Crippen molar-refractivity contribution in [2.24, 2.45) is 11.7 Å². The highest BCUT2D eigenvalue weighted by molar-refractivity contribution is 5.72. The van der Waals surface area contributed by atoms with Crippen LogP contribution in [0.15, 0.2) is 0 Å². The number of hydrogen-bond donors (Lipinski definition) is 3. The number of rotatable bonds is 5. The minimum absolute atomic E-state index is 0.129. The van der Waals surface area contributed by atoms with Crippen LogP contribution in [0.5, 0.6) is 0 Å². The number of hydrogen-bond acceptors (Lipinski definition) is 3. The van der Waals surface area contributed by atoms with Gasteiger partial charge in [-0.3, -0.25) is 9.59 Å². The van der Waals surface area contributed by atoms with Crippen LogP contribution in [0.3, 0.4) is 0 Å². The van der Waals surface area contributed by atoms with Crippen molar-refractivity contribution in [2.75, 3.05) is 6.54 Å². The predicted molar refractivity (Wildman–Crippen MR) is 48.1 cm³/mol. The van der Waals surface area contributed by atoms with Gasteiger partial charge in [0.25, 0.3) is 0 Å². The molecule has 0 saturated heterocycles. The van der Waals surface area contributed by atoms with Gasteiger partial charge in [-0.05, 0) is 6.42 Å². The van der Waals surface area contributed by atoms with Crippen LogP contribution in [0.4, 0.5) is 0 Å². The van der Waals surface area contributed by atoms with Gasteiger partial charge in [-0.2, -0.15) is 0 Å². The first-order valence-electron chi connectivity index (χ1n) is 4.18. The first-order valence-corrected chi connectivity index (χ1v) is 4.18. The highest BCUT2D eigenvalue weighted by Crippen LogP contribution is 2.03. The summed E-state index contributed by atoms with van der Waals surface area (Å²) in [7, 11) is 0. The first kappa shape index (κ1) is 11.9. The Morgan fingerprint density at radius 3 is 2.46 bits per heavy atom. The Kier molecular flexibility index (Phi) is 5.06. The topological polar surface area (TPSA) is 92.4 Å². The molecule has 5 heteroatoms. The van der Waals surface area contributed by atoms with E-state index in [-0.39, 0.29) is 5.91 Å². The summed E-state index contributed by atoms with van der Waals surface area (Å²) in [5.74, 6) is -1.61. The van der Waals surface area contributed by atoms with Gasteiger partial charge in [0.2, 0.25) is 5.91 Å². The van der Waals surface area contributed by atoms with E-state index >= 15 is 0 Å². The summed E-state index contributed by atoms with van der Waals surface area (Å²) in [5.41, 5.74) is 5.57. The van der Waals surface area contributed by atoms with Gasteiger partial charge in [-0.1, -0.05) is 6.92 Å². The fourth-order valence-electron chi connectivity index (χ4n) is 0.848. The molecule has 0 rings (SSSR count). The lowest BCUT2D eigenvalue weighted by atomic mass is 10.0. The third-order valence-corrected chi connectivity index (χ3v) is 1.88. The molecule has 0 aromatic heterocycles. The highest BCUT2D eigenvalue weighted by atomic mass is 16.4. The van der Waals surface area contributed by atoms with E-state index in [0.717, 1.165) is 0 Å². The number of nitrogens with one attached hydrogen (secondary N) is 1. The number of amides is 1. The maximum atomic E-state index is 10.5. The summed E-state index contributed by atoms with van der Waals surface area (Å²) in [6.07, 6.45) is 0.479. The van der Waals surface area contributed by atoms with Gasteiger partial charge in [0.15, 0.2) is 0 Å². The number of carbonyl (C=O) groups is 2. The maximum Gasteiger partial charge on any atom is 0.307 e. The van der Waals surface area contributed by atoms with Gasteiger partial charge in [-0.25, -0.2) is 0 Å². The number of carbonyl (C=O) groups excluding carboxylic acids is 1. The molecule has 0 aliphatic rings. The average Bonchev–Trinajstić information content (AvgIpc) is 2.02. The summed E-state index contributed by atoms with van der Waals surface area (Å²) in [6, 6.07) is -0.413. The van der Waals surface area contributed by atoms with Gasteiger partial charge >= 0.3 is 5.97 Å². The molecule has 0 fully saturated rings. The van der Waals surface area contributed by atoms with Gasteiger partial charge in [0.1, 0.15) is 0 Å². The van der Waals surface area contributed by atoms with Crippen LogP contribution in [0.25, 0.3) is 0 Å². The van der Waals surface area contributed by atoms with Crippen LogP contribution in [-0.4, -0.2) is 29.6 Å². The molecule has 0 aromatic rings. The van der Waals surface area contributed by atoms with Crippen molar-refractivity contribution in [3.05, 3.63) is 0 Å². The second-order valence-corrected chi connectivity index (χ2v) is 3.06. The number of carboxylic acids is 1. The summed E-state index contributed by atoms with van der Waals surface area (Å²) < 4.78 is 0. The number of carboxylic acid groups (broad SMARTS) is 1. The largest absolute Gasteiger partial charge is 0.481 e. The Hall–Kier alpha value is -1.10. The molecule has 0 saturated carbocycles. The normalized spacial score (nSPS) is 14.7. The molecule has 0 bridgehead atoms. The zero-order chi connectivity index (χ0) is 10.4. The summed E-state index contributed by atoms with van der Waals surface area (Å²) in [6.45, 7) is 3.39. The number of nitrogens with two attached hydrogens (primary N) is 1. The molecule has 2 atom stereocenters. The highest BCUT2D eigenvalue weighted by Gasteiger charge is 2.19. The van der Waals surface area contributed by atoms with Crippen LogP contribution >= 0.6 is 0 Å². The fraction of sp³-hybridized carbons (Fsp3) is 0.750. The van der Waals surface area contributed by atoms with E-state index in [1.54, 1.807) is 6.92 Å². The van der Waals surface area contributed by atoms with Gasteiger partial charge in [0.05, 0.1) is 5.92 Å². The minimum atomic E-state index is -0.907. The molecule has 13 heavy (non-hydrogen) atoms. The monoisotopic (exact) mass is 188 g/mol. The third kappa shape index (κ3) is 5.19. The molecule has 0 aliphatic carbocycles. The van der Waals surface area contributed by atoms with Crippen LogP contribution in [0.1, 0.15) is 20.3 Å². The Bertz CT molecular complexity index is 194. The van der Waals surface area contributed by atoms with Crippen molar-refractivity contribution in [2.45, 2.75) is 26.3 Å². The number of aliphatic carboxylic acids is 1. The summed E-state index contributed by atoms with van der Waals surface area (Å²) in [4.78, 5) is 20.9. The molecule has 4 N–H and O–H groups in total. The van der Waals surface area contributed by atoms with Crippen LogP contribution < -0.4 is 11.1 Å². The Labute approximate surface area is 77.3 Å². The van der Waals surface area contributed by atoms with Gasteiger partial charge < -0.3 is 16.2 Å². The molecule has 1 unspecified atom stereocenters. The molecule has 0 heterocycles. The van der Waals surface area contributed by atoms with Crippen LogP contribution in [0.2, 0.25) is 0 Å². The lowest BCUT2D eigenvalue weighted by Crippen LogP contribution is -2.36. The molecule has 5 nitrogen and oxygen atoms in total. The fourth-order valence-corrected chi connectivity index (χ4v) is 0.848. The maximum absolute atomic E-state index is 10.5. The molecule has 1 amide bonds. The second-order valence-electron chi connectivity index (χ2n) is 3.06. The van der Waals surface area contributed by atoms with E-state index in [1.807, 2.05) is 0 Å². The first-order chi connectivity index (χ1) is 5.95. The third-order valence-electron chi connectivity index (χ3n) is 1.88. The zero-order valence-corrected chi connectivity index (χ0v) is 7.91. The lowest BCUT2D eigenvalue weighted by Gasteiger charge is -2.15. The molecular formula is C8H16N2O3. The van der Waals surface area contributed by atoms with Gasteiger partial charge in [0, 0.05) is 19.5 Å². The van der Waals surface area contributed by atoms with E-state index in [0.29, 0.717) is 13.0 Å². The molecule has 76 valence electrons. The molecule has 0 radical (unpaired) electrons. The summed E-state index contributed by atoms with van der Waals surface area (Å²) >= 11 is 0. The molecule has 0 aliphatic heterocycles. The standard InChI is InChI=1S/C8H16N2O3/c1-5(8(12)13)7(9)3-4-10-6(2)11/h5,7H,3-4,9H2,1-2H3,(H,10,11)(H,12,13)/t5?,7-/m0/s1. The quantitative estimate of drug-likeness (QED) is 0.545. The zero-order valence-electron chi connectivity index (χ0n) is 7.91. The van der Waals surface area contributed by atoms with Crippen molar-refractivity contribution in [1.82, 2.24) is 5.32 Å². The lowest BCUT2D eigenvalue weighted by molar-refractivity contribution is -0.141. The van der Waals surface area contributed by atoms with Crippen molar-refractivity contribution in [3.8, 4) is 0 Å². The van der Waals surface area contributed by atoms with Crippen LogP contribution in [0, 0.1) is 5.92 Å². The van der Waals surface area contributed by atoms with Gasteiger partial charge in [-0.15, -0.1) is 0 Å². The van der Waals surface area contributed by atoms with E-state index in [4.69, 9.17) is 10.8 Å². The van der Waals surface area contributed by atoms with Crippen molar-refractivity contribution >= 4 is 11.9 Å². The van der Waals surface area contributed by atoms with E-state index in [1.165, 1.54) is 6.92 Å². The molecular weight excluding hydrogens is 172 g/mol.